The van der Waals surface area contributed by atoms with Gasteiger partial charge in [-0.1, -0.05) is 23.9 Å². The van der Waals surface area contributed by atoms with E-state index in [-0.39, 0.29) is 24.0 Å². The lowest BCUT2D eigenvalue weighted by atomic mass is 10.1. The van der Waals surface area contributed by atoms with Crippen LogP contribution >= 0.6 is 11.8 Å². The molecule has 120 valence electrons. The van der Waals surface area contributed by atoms with Gasteiger partial charge in [-0.2, -0.15) is 5.26 Å². The summed E-state index contributed by atoms with van der Waals surface area (Å²) >= 11 is 1.24. The zero-order valence-electron chi connectivity index (χ0n) is 13.0. The Morgan fingerprint density at radius 2 is 2.22 bits per heavy atom. The number of nitrogens with one attached hydrogen (secondary N) is 1. The number of aromatic amines is 1. The van der Waals surface area contributed by atoms with Crippen molar-refractivity contribution >= 4 is 11.8 Å². The van der Waals surface area contributed by atoms with Crippen LogP contribution < -0.4 is 5.56 Å². The summed E-state index contributed by atoms with van der Waals surface area (Å²) in [5.74, 6) is -0.458. The van der Waals surface area contributed by atoms with Crippen molar-refractivity contribution in [1.82, 2.24) is 9.97 Å². The molecule has 0 amide bonds. The Morgan fingerprint density at radius 1 is 1.48 bits per heavy atom. The molecule has 0 spiro atoms. The second kappa shape index (κ2) is 7.40. The van der Waals surface area contributed by atoms with E-state index in [4.69, 9.17) is 10.00 Å². The maximum Gasteiger partial charge on any atom is 0.270 e. The Bertz CT molecular complexity index is 812. The lowest BCUT2D eigenvalue weighted by molar-refractivity contribution is 0.0639. The predicted octanol–water partition coefficient (Wildman–Crippen LogP) is 3.09. The number of nitriles is 1. The van der Waals surface area contributed by atoms with Gasteiger partial charge in [-0.05, 0) is 26.2 Å². The molecule has 7 heteroatoms. The van der Waals surface area contributed by atoms with Crippen molar-refractivity contribution in [3.63, 3.8) is 0 Å². The van der Waals surface area contributed by atoms with Crippen LogP contribution in [0.25, 0.3) is 11.3 Å². The van der Waals surface area contributed by atoms with Crippen LogP contribution in [0.15, 0.2) is 28.2 Å². The number of nitrogens with zero attached hydrogens (tertiary/aromatic N) is 2. The SMILES string of the molecule is CSc1nc(-c2ccc(COC(C)C)c(F)c2)c(C#N)c(=O)[nH]1. The highest BCUT2D eigenvalue weighted by atomic mass is 32.2. The van der Waals surface area contributed by atoms with Crippen molar-refractivity contribution in [2.24, 2.45) is 0 Å². The lowest BCUT2D eigenvalue weighted by Gasteiger charge is -2.10. The number of halogens is 1. The van der Waals surface area contributed by atoms with Crippen molar-refractivity contribution in [3.8, 4) is 17.3 Å². The van der Waals surface area contributed by atoms with Gasteiger partial charge in [0.15, 0.2) is 5.16 Å². The molecule has 0 saturated carbocycles. The van der Waals surface area contributed by atoms with Crippen LogP contribution in [0.2, 0.25) is 0 Å². The van der Waals surface area contributed by atoms with Gasteiger partial charge in [0.1, 0.15) is 17.4 Å². The molecule has 2 aromatic rings. The Balaban J connectivity index is 2.47. The second-order valence-corrected chi connectivity index (χ2v) is 5.87. The topological polar surface area (TPSA) is 78.8 Å². The quantitative estimate of drug-likeness (QED) is 0.672. The fraction of sp³-hybridized carbons (Fsp3) is 0.312. The normalized spacial score (nSPS) is 10.8. The Kier molecular flexibility index (Phi) is 5.53. The molecule has 1 N–H and O–H groups in total. The van der Waals surface area contributed by atoms with Crippen molar-refractivity contribution in [2.45, 2.75) is 31.7 Å². The average molecular weight is 333 g/mol. The van der Waals surface area contributed by atoms with Gasteiger partial charge in [-0.25, -0.2) is 9.37 Å². The van der Waals surface area contributed by atoms with Crippen LogP contribution in [0.4, 0.5) is 4.39 Å². The molecule has 1 heterocycles. The van der Waals surface area contributed by atoms with Crippen molar-refractivity contribution in [1.29, 1.82) is 5.26 Å². The number of H-pyrrole nitrogens is 1. The average Bonchev–Trinajstić information content (AvgIpc) is 2.52. The van der Waals surface area contributed by atoms with Crippen molar-refractivity contribution in [3.05, 3.63) is 45.5 Å². The van der Waals surface area contributed by atoms with E-state index >= 15 is 0 Å². The molecule has 0 aliphatic carbocycles. The van der Waals surface area contributed by atoms with Gasteiger partial charge in [0.2, 0.25) is 0 Å². The zero-order chi connectivity index (χ0) is 17.0. The molecule has 2 rings (SSSR count). The fourth-order valence-corrected chi connectivity index (χ4v) is 2.31. The maximum absolute atomic E-state index is 14.2. The molecule has 0 radical (unpaired) electrons. The van der Waals surface area contributed by atoms with Gasteiger partial charge in [0.05, 0.1) is 18.4 Å². The van der Waals surface area contributed by atoms with Crippen LogP contribution in [0, 0.1) is 17.1 Å². The van der Waals surface area contributed by atoms with Crippen LogP contribution in [-0.2, 0) is 11.3 Å². The van der Waals surface area contributed by atoms with Gasteiger partial charge in [0, 0.05) is 11.1 Å². The highest BCUT2D eigenvalue weighted by Gasteiger charge is 2.15. The summed E-state index contributed by atoms with van der Waals surface area (Å²) in [6.45, 7) is 3.90. The fourth-order valence-electron chi connectivity index (χ4n) is 1.93. The number of rotatable bonds is 5. The first-order chi connectivity index (χ1) is 11.0. The summed E-state index contributed by atoms with van der Waals surface area (Å²) in [4.78, 5) is 18.6. The number of ether oxygens (including phenoxy) is 1. The van der Waals surface area contributed by atoms with Crippen LogP contribution in [0.3, 0.4) is 0 Å². The first-order valence-corrected chi connectivity index (χ1v) is 8.17. The third-order valence-corrected chi connectivity index (χ3v) is 3.68. The molecule has 0 aliphatic heterocycles. The van der Waals surface area contributed by atoms with Crippen LogP contribution in [-0.4, -0.2) is 22.3 Å². The molecular formula is C16H16FN3O2S. The highest BCUT2D eigenvalue weighted by Crippen LogP contribution is 2.24. The molecule has 0 saturated heterocycles. The zero-order valence-corrected chi connectivity index (χ0v) is 13.8. The molecule has 0 bridgehead atoms. The predicted molar refractivity (Wildman–Crippen MR) is 86.7 cm³/mol. The van der Waals surface area contributed by atoms with E-state index in [1.165, 1.54) is 17.8 Å². The van der Waals surface area contributed by atoms with Gasteiger partial charge in [0.25, 0.3) is 5.56 Å². The summed E-state index contributed by atoms with van der Waals surface area (Å²) in [6.07, 6.45) is 1.75. The van der Waals surface area contributed by atoms with E-state index in [2.05, 4.69) is 9.97 Å². The highest BCUT2D eigenvalue weighted by molar-refractivity contribution is 7.98. The summed E-state index contributed by atoms with van der Waals surface area (Å²) < 4.78 is 19.6. The Hall–Kier alpha value is -2.17. The first kappa shape index (κ1) is 17.2. The van der Waals surface area contributed by atoms with Gasteiger partial charge in [-0.15, -0.1) is 0 Å². The second-order valence-electron chi connectivity index (χ2n) is 5.08. The van der Waals surface area contributed by atoms with E-state index in [0.29, 0.717) is 16.3 Å². The van der Waals surface area contributed by atoms with Crippen LogP contribution in [0.1, 0.15) is 25.0 Å². The molecule has 0 atom stereocenters. The maximum atomic E-state index is 14.2. The van der Waals surface area contributed by atoms with E-state index in [0.717, 1.165) is 0 Å². The molecule has 1 aromatic carbocycles. The lowest BCUT2D eigenvalue weighted by Crippen LogP contribution is -2.14. The first-order valence-electron chi connectivity index (χ1n) is 6.95. The number of thioether (sulfide) groups is 1. The minimum Gasteiger partial charge on any atom is -0.374 e. The molecule has 0 unspecified atom stereocenters. The summed E-state index contributed by atoms with van der Waals surface area (Å²) in [5, 5.41) is 9.53. The molecule has 1 aromatic heterocycles. The Labute approximate surface area is 137 Å². The van der Waals surface area contributed by atoms with Gasteiger partial charge < -0.3 is 9.72 Å². The third kappa shape index (κ3) is 3.97. The standard InChI is InChI=1S/C16H16FN3O2S/c1-9(2)22-8-11-5-4-10(6-13(11)17)14-12(7-18)15(21)20-16(19-14)23-3/h4-6,9H,8H2,1-3H3,(H,19,20,21). The number of benzene rings is 1. The summed E-state index contributed by atoms with van der Waals surface area (Å²) in [5.41, 5.74) is 0.309. The van der Waals surface area contributed by atoms with Gasteiger partial charge >= 0.3 is 0 Å². The van der Waals surface area contributed by atoms with E-state index in [1.54, 1.807) is 18.4 Å². The molecule has 23 heavy (non-hydrogen) atoms. The summed E-state index contributed by atoms with van der Waals surface area (Å²) in [6, 6.07) is 6.31. The van der Waals surface area contributed by atoms with Crippen LogP contribution in [0.5, 0.6) is 0 Å². The number of hydrogen-bond acceptors (Lipinski definition) is 5. The molecule has 0 aliphatic rings. The molecular weight excluding hydrogens is 317 g/mol. The number of aromatic nitrogens is 2. The minimum absolute atomic E-state index is 0.00208. The van der Waals surface area contributed by atoms with Crippen molar-refractivity contribution in [2.75, 3.05) is 6.26 Å². The minimum atomic E-state index is -0.533. The van der Waals surface area contributed by atoms with Gasteiger partial charge in [-0.3, -0.25) is 4.79 Å². The monoisotopic (exact) mass is 333 g/mol. The summed E-state index contributed by atoms with van der Waals surface area (Å²) in [7, 11) is 0. The van der Waals surface area contributed by atoms with E-state index in [9.17, 15) is 9.18 Å². The third-order valence-electron chi connectivity index (χ3n) is 3.10. The largest absolute Gasteiger partial charge is 0.374 e. The van der Waals surface area contributed by atoms with E-state index < -0.39 is 11.4 Å². The molecule has 5 nitrogen and oxygen atoms in total. The Morgan fingerprint density at radius 3 is 2.78 bits per heavy atom. The molecule has 0 fully saturated rings. The smallest absolute Gasteiger partial charge is 0.270 e. The number of hydrogen-bond donors (Lipinski definition) is 1. The van der Waals surface area contributed by atoms with E-state index in [1.807, 2.05) is 19.9 Å². The van der Waals surface area contributed by atoms with Crippen molar-refractivity contribution < 1.29 is 9.13 Å².